The van der Waals surface area contributed by atoms with Crippen LogP contribution >= 0.6 is 11.6 Å². The van der Waals surface area contributed by atoms with Crippen LogP contribution in [0.5, 0.6) is 0 Å². The molecule has 0 bridgehead atoms. The van der Waals surface area contributed by atoms with E-state index in [1.807, 2.05) is 31.3 Å². The van der Waals surface area contributed by atoms with Crippen molar-refractivity contribution in [2.45, 2.75) is 18.9 Å². The normalized spacial score (nSPS) is 16.6. The van der Waals surface area contributed by atoms with Gasteiger partial charge in [0.25, 0.3) is 0 Å². The van der Waals surface area contributed by atoms with Crippen LogP contribution in [0.15, 0.2) is 24.3 Å². The van der Waals surface area contributed by atoms with Crippen LogP contribution in [0, 0.1) is 0 Å². The highest BCUT2D eigenvalue weighted by atomic mass is 35.5. The minimum Gasteiger partial charge on any atom is -0.339 e. The lowest BCUT2D eigenvalue weighted by Crippen LogP contribution is -2.41. The molecular formula is C14H18ClN5. The molecule has 20 heavy (non-hydrogen) atoms. The number of hydrogen-bond donors (Lipinski definition) is 2. The van der Waals surface area contributed by atoms with E-state index in [9.17, 15) is 0 Å². The quantitative estimate of drug-likeness (QED) is 0.911. The summed E-state index contributed by atoms with van der Waals surface area (Å²) in [7, 11) is 2.02. The van der Waals surface area contributed by atoms with Crippen LogP contribution in [0.3, 0.4) is 0 Å². The molecule has 1 aromatic carbocycles. The van der Waals surface area contributed by atoms with Crippen LogP contribution in [-0.4, -0.2) is 41.4 Å². The number of rotatable bonds is 3. The first-order valence-corrected chi connectivity index (χ1v) is 7.24. The molecule has 2 aromatic rings. The molecule has 0 radical (unpaired) electrons. The molecule has 2 N–H and O–H groups in total. The van der Waals surface area contributed by atoms with Gasteiger partial charge < -0.3 is 10.2 Å². The van der Waals surface area contributed by atoms with E-state index < -0.39 is 0 Å². The number of aromatic amines is 1. The number of nitrogens with one attached hydrogen (secondary N) is 2. The van der Waals surface area contributed by atoms with Crippen LogP contribution in [0.4, 0.5) is 5.95 Å². The molecule has 0 atom stereocenters. The second-order valence-electron chi connectivity index (χ2n) is 5.04. The molecule has 1 aliphatic rings. The van der Waals surface area contributed by atoms with Crippen molar-refractivity contribution in [3.05, 3.63) is 29.3 Å². The van der Waals surface area contributed by atoms with Crippen LogP contribution < -0.4 is 10.2 Å². The van der Waals surface area contributed by atoms with E-state index in [4.69, 9.17) is 11.6 Å². The summed E-state index contributed by atoms with van der Waals surface area (Å²) in [5.41, 5.74) is 0.998. The van der Waals surface area contributed by atoms with Crippen LogP contribution in [0.1, 0.15) is 12.8 Å². The summed E-state index contributed by atoms with van der Waals surface area (Å²) in [6.07, 6.45) is 2.25. The number of nitrogens with zero attached hydrogens (tertiary/aromatic N) is 3. The zero-order valence-electron chi connectivity index (χ0n) is 11.4. The Bertz CT molecular complexity index is 557. The number of aromatic nitrogens is 3. The molecule has 3 rings (SSSR count). The third-order valence-corrected chi connectivity index (χ3v) is 4.03. The highest BCUT2D eigenvalue weighted by Gasteiger charge is 2.20. The van der Waals surface area contributed by atoms with Crippen molar-refractivity contribution >= 4 is 17.5 Å². The summed E-state index contributed by atoms with van der Waals surface area (Å²) in [5, 5.41) is 11.4. The molecule has 5 nitrogen and oxygen atoms in total. The van der Waals surface area contributed by atoms with E-state index in [1.54, 1.807) is 0 Å². The lowest BCUT2D eigenvalue weighted by atomic mass is 10.1. The van der Waals surface area contributed by atoms with Gasteiger partial charge in [-0.05, 0) is 44.2 Å². The highest BCUT2D eigenvalue weighted by Crippen LogP contribution is 2.21. The molecule has 0 spiro atoms. The Balaban J connectivity index is 1.72. The molecule has 0 saturated carbocycles. The fourth-order valence-corrected chi connectivity index (χ4v) is 2.63. The maximum absolute atomic E-state index is 5.89. The van der Waals surface area contributed by atoms with Crippen molar-refractivity contribution in [2.24, 2.45) is 0 Å². The molecule has 6 heteroatoms. The summed E-state index contributed by atoms with van der Waals surface area (Å²) in [6, 6.07) is 8.22. The summed E-state index contributed by atoms with van der Waals surface area (Å²) in [6.45, 7) is 1.98. The molecule has 1 aromatic heterocycles. The maximum Gasteiger partial charge on any atom is 0.245 e. The minimum absolute atomic E-state index is 0.612. The van der Waals surface area contributed by atoms with Gasteiger partial charge in [-0.3, -0.25) is 5.10 Å². The molecule has 2 heterocycles. The fourth-order valence-electron chi connectivity index (χ4n) is 2.50. The Kier molecular flexibility index (Phi) is 3.89. The standard InChI is InChI=1S/C14H18ClN5/c1-16-12-6-8-20(9-7-12)14-17-13(18-19-14)10-2-4-11(15)5-3-10/h2-5,12,16H,6-9H2,1H3,(H,17,18,19). The Labute approximate surface area is 123 Å². The van der Waals surface area contributed by atoms with Crippen molar-refractivity contribution in [3.63, 3.8) is 0 Å². The molecular weight excluding hydrogens is 274 g/mol. The zero-order chi connectivity index (χ0) is 13.9. The Morgan fingerprint density at radius 1 is 1.25 bits per heavy atom. The SMILES string of the molecule is CNC1CCN(c2n[nH]c(-c3ccc(Cl)cc3)n2)CC1. The number of piperidine rings is 1. The van der Waals surface area contributed by atoms with Gasteiger partial charge in [-0.2, -0.15) is 4.98 Å². The molecule has 1 fully saturated rings. The number of hydrogen-bond acceptors (Lipinski definition) is 4. The molecule has 106 valence electrons. The van der Waals surface area contributed by atoms with Gasteiger partial charge in [0.15, 0.2) is 5.82 Å². The topological polar surface area (TPSA) is 56.8 Å². The average Bonchev–Trinajstić information content (AvgIpc) is 2.98. The molecule has 0 aliphatic carbocycles. The van der Waals surface area contributed by atoms with E-state index in [1.165, 1.54) is 0 Å². The fraction of sp³-hybridized carbons (Fsp3) is 0.429. The lowest BCUT2D eigenvalue weighted by Gasteiger charge is -2.30. The van der Waals surface area contributed by atoms with Gasteiger partial charge >= 0.3 is 0 Å². The summed E-state index contributed by atoms with van der Waals surface area (Å²) in [4.78, 5) is 6.81. The van der Waals surface area contributed by atoms with Gasteiger partial charge in [-0.15, -0.1) is 5.10 Å². The predicted octanol–water partition coefficient (Wildman–Crippen LogP) is 2.31. The lowest BCUT2D eigenvalue weighted by molar-refractivity contribution is 0.439. The van der Waals surface area contributed by atoms with Crippen molar-refractivity contribution in [2.75, 3.05) is 25.0 Å². The molecule has 1 aliphatic heterocycles. The first kappa shape index (κ1) is 13.4. The number of halogens is 1. The number of H-pyrrole nitrogens is 1. The Morgan fingerprint density at radius 3 is 2.60 bits per heavy atom. The third kappa shape index (κ3) is 2.78. The average molecular weight is 292 g/mol. The summed E-state index contributed by atoms with van der Waals surface area (Å²) >= 11 is 5.89. The van der Waals surface area contributed by atoms with Gasteiger partial charge in [0.1, 0.15) is 0 Å². The van der Waals surface area contributed by atoms with Gasteiger partial charge in [0.2, 0.25) is 5.95 Å². The monoisotopic (exact) mass is 291 g/mol. The van der Waals surface area contributed by atoms with Crippen molar-refractivity contribution in [3.8, 4) is 11.4 Å². The van der Waals surface area contributed by atoms with Gasteiger partial charge in [-0.25, -0.2) is 0 Å². The van der Waals surface area contributed by atoms with E-state index in [0.29, 0.717) is 6.04 Å². The Morgan fingerprint density at radius 2 is 1.95 bits per heavy atom. The van der Waals surface area contributed by atoms with Crippen molar-refractivity contribution in [1.82, 2.24) is 20.5 Å². The Hall–Kier alpha value is -1.59. The first-order valence-electron chi connectivity index (χ1n) is 6.87. The third-order valence-electron chi connectivity index (χ3n) is 3.78. The van der Waals surface area contributed by atoms with Crippen molar-refractivity contribution < 1.29 is 0 Å². The second kappa shape index (κ2) is 5.81. The number of benzene rings is 1. The molecule has 0 amide bonds. The van der Waals surface area contributed by atoms with E-state index >= 15 is 0 Å². The largest absolute Gasteiger partial charge is 0.339 e. The zero-order valence-corrected chi connectivity index (χ0v) is 12.2. The number of anilines is 1. The van der Waals surface area contributed by atoms with Gasteiger partial charge in [0.05, 0.1) is 0 Å². The summed E-state index contributed by atoms with van der Waals surface area (Å²) < 4.78 is 0. The molecule has 0 unspecified atom stereocenters. The van der Waals surface area contributed by atoms with E-state index in [-0.39, 0.29) is 0 Å². The second-order valence-corrected chi connectivity index (χ2v) is 5.48. The summed E-state index contributed by atoms with van der Waals surface area (Å²) in [5.74, 6) is 1.57. The smallest absolute Gasteiger partial charge is 0.245 e. The van der Waals surface area contributed by atoms with Crippen molar-refractivity contribution in [1.29, 1.82) is 0 Å². The molecule has 1 saturated heterocycles. The highest BCUT2D eigenvalue weighted by molar-refractivity contribution is 6.30. The van der Waals surface area contributed by atoms with Crippen LogP contribution in [0.25, 0.3) is 11.4 Å². The van der Waals surface area contributed by atoms with E-state index in [0.717, 1.165) is 48.3 Å². The van der Waals surface area contributed by atoms with Gasteiger partial charge in [0, 0.05) is 29.7 Å². The minimum atomic E-state index is 0.612. The van der Waals surface area contributed by atoms with Gasteiger partial charge in [-0.1, -0.05) is 11.6 Å². The van der Waals surface area contributed by atoms with E-state index in [2.05, 4.69) is 25.4 Å². The van der Waals surface area contributed by atoms with Crippen LogP contribution in [-0.2, 0) is 0 Å². The van der Waals surface area contributed by atoms with Crippen LogP contribution in [0.2, 0.25) is 5.02 Å². The maximum atomic E-state index is 5.89. The predicted molar refractivity (Wildman–Crippen MR) is 81.1 cm³/mol. The first-order chi connectivity index (χ1) is 9.76.